The molecule has 0 spiro atoms. The molecule has 0 bridgehead atoms. The molecule has 1 aromatic heterocycles. The van der Waals surface area contributed by atoms with Crippen LogP contribution in [0, 0.1) is 0 Å². The van der Waals surface area contributed by atoms with Gasteiger partial charge < -0.3 is 10.6 Å². The maximum absolute atomic E-state index is 11.4. The molecule has 0 aromatic carbocycles. The molecule has 1 amide bonds. The van der Waals surface area contributed by atoms with E-state index in [2.05, 4.69) is 15.5 Å². The highest BCUT2D eigenvalue weighted by atomic mass is 16.2. The summed E-state index contributed by atoms with van der Waals surface area (Å²) in [5, 5.41) is 10.4. The lowest BCUT2D eigenvalue weighted by Gasteiger charge is -2.14. The molecule has 0 aliphatic rings. The predicted molar refractivity (Wildman–Crippen MR) is 44.5 cm³/mol. The Kier molecular flexibility index (Phi) is 3.32. The highest BCUT2D eigenvalue weighted by Gasteiger charge is 2.08. The first kappa shape index (κ1) is 9.59. The van der Waals surface area contributed by atoms with Crippen molar-refractivity contribution in [3.63, 3.8) is 0 Å². The van der Waals surface area contributed by atoms with Gasteiger partial charge in [0.05, 0.1) is 0 Å². The van der Waals surface area contributed by atoms with E-state index in [9.17, 15) is 4.79 Å². The molecular formula is C6H12N6O. The molecule has 7 nitrogen and oxygen atoms in total. The molecule has 0 aliphatic heterocycles. The van der Waals surface area contributed by atoms with Crippen molar-refractivity contribution in [2.75, 3.05) is 20.1 Å². The Morgan fingerprint density at radius 3 is 3.00 bits per heavy atom. The van der Waals surface area contributed by atoms with Crippen LogP contribution >= 0.6 is 0 Å². The van der Waals surface area contributed by atoms with Gasteiger partial charge in [-0.15, -0.1) is 5.10 Å². The van der Waals surface area contributed by atoms with Crippen molar-refractivity contribution < 1.29 is 4.79 Å². The van der Waals surface area contributed by atoms with Gasteiger partial charge in [-0.25, -0.2) is 4.68 Å². The monoisotopic (exact) mass is 184 g/mol. The average molecular weight is 184 g/mol. The number of carbonyl (C=O) groups is 1. The molecule has 1 rings (SSSR count). The lowest BCUT2D eigenvalue weighted by Crippen LogP contribution is -2.34. The van der Waals surface area contributed by atoms with Crippen molar-refractivity contribution in [1.29, 1.82) is 0 Å². The summed E-state index contributed by atoms with van der Waals surface area (Å²) in [6, 6.07) is 0. The highest BCUT2D eigenvalue weighted by molar-refractivity contribution is 5.75. The van der Waals surface area contributed by atoms with Gasteiger partial charge in [-0.3, -0.25) is 4.79 Å². The number of amides is 1. The van der Waals surface area contributed by atoms with Gasteiger partial charge in [0.1, 0.15) is 12.9 Å². The second-order valence-electron chi connectivity index (χ2n) is 2.61. The molecule has 0 fully saturated rings. The van der Waals surface area contributed by atoms with E-state index in [1.54, 1.807) is 11.9 Å². The molecule has 1 heterocycles. The van der Waals surface area contributed by atoms with Gasteiger partial charge in [-0.1, -0.05) is 0 Å². The number of tetrazole rings is 1. The first-order valence-electron chi connectivity index (χ1n) is 3.89. The number of aromatic nitrogens is 4. The predicted octanol–water partition coefficient (Wildman–Crippen LogP) is -1.91. The Morgan fingerprint density at radius 1 is 1.69 bits per heavy atom. The largest absolute Gasteiger partial charge is 0.343 e. The van der Waals surface area contributed by atoms with Crippen molar-refractivity contribution in [2.24, 2.45) is 5.73 Å². The number of likely N-dealkylation sites (N-methyl/N-ethyl adjacent to an activating group) is 1. The minimum absolute atomic E-state index is 0.0576. The van der Waals surface area contributed by atoms with Crippen molar-refractivity contribution >= 4 is 5.91 Å². The van der Waals surface area contributed by atoms with Gasteiger partial charge >= 0.3 is 0 Å². The van der Waals surface area contributed by atoms with Crippen LogP contribution in [-0.4, -0.2) is 51.2 Å². The van der Waals surface area contributed by atoms with Crippen LogP contribution in [0.2, 0.25) is 0 Å². The van der Waals surface area contributed by atoms with Crippen molar-refractivity contribution in [3.8, 4) is 0 Å². The van der Waals surface area contributed by atoms with Crippen LogP contribution in [-0.2, 0) is 11.3 Å². The summed E-state index contributed by atoms with van der Waals surface area (Å²) in [4.78, 5) is 12.9. The lowest BCUT2D eigenvalue weighted by molar-refractivity contribution is -0.130. The summed E-state index contributed by atoms with van der Waals surface area (Å²) in [6.45, 7) is 1.16. The zero-order valence-electron chi connectivity index (χ0n) is 7.42. The van der Waals surface area contributed by atoms with Gasteiger partial charge in [0, 0.05) is 20.1 Å². The maximum atomic E-state index is 11.4. The van der Waals surface area contributed by atoms with E-state index >= 15 is 0 Å². The third-order valence-electron chi connectivity index (χ3n) is 1.58. The average Bonchev–Trinajstić information content (AvgIpc) is 2.57. The summed E-state index contributed by atoms with van der Waals surface area (Å²) in [5.41, 5.74) is 5.30. The van der Waals surface area contributed by atoms with Crippen LogP contribution in [0.3, 0.4) is 0 Å². The van der Waals surface area contributed by atoms with Gasteiger partial charge in [-0.2, -0.15) is 0 Å². The standard InChI is InChI=1S/C6H12N6O/c1-11(3-2-7)6(13)4-12-5-8-9-10-12/h5H,2-4,7H2,1H3. The Morgan fingerprint density at radius 2 is 2.46 bits per heavy atom. The minimum atomic E-state index is -0.0576. The summed E-state index contributed by atoms with van der Waals surface area (Å²) >= 11 is 0. The Hall–Kier alpha value is -1.50. The topological polar surface area (TPSA) is 89.9 Å². The van der Waals surface area contributed by atoms with E-state index in [0.29, 0.717) is 13.1 Å². The number of nitrogens with two attached hydrogens (primary N) is 1. The Balaban J connectivity index is 2.41. The fourth-order valence-electron chi connectivity index (χ4n) is 0.830. The molecule has 1 aromatic rings. The fourth-order valence-corrected chi connectivity index (χ4v) is 0.830. The van der Waals surface area contributed by atoms with Crippen LogP contribution in [0.4, 0.5) is 0 Å². The lowest BCUT2D eigenvalue weighted by atomic mass is 10.5. The van der Waals surface area contributed by atoms with Crippen molar-refractivity contribution in [2.45, 2.75) is 6.54 Å². The van der Waals surface area contributed by atoms with Crippen LogP contribution < -0.4 is 5.73 Å². The van der Waals surface area contributed by atoms with Gasteiger partial charge in [0.25, 0.3) is 0 Å². The molecular weight excluding hydrogens is 172 g/mol. The first-order chi connectivity index (χ1) is 6.24. The molecule has 0 aliphatic carbocycles. The number of rotatable bonds is 4. The molecule has 0 saturated carbocycles. The molecule has 13 heavy (non-hydrogen) atoms. The van der Waals surface area contributed by atoms with Gasteiger partial charge in [0.15, 0.2) is 0 Å². The number of nitrogens with zero attached hydrogens (tertiary/aromatic N) is 5. The third kappa shape index (κ3) is 2.79. The van der Waals surface area contributed by atoms with E-state index in [0.717, 1.165) is 0 Å². The molecule has 0 atom stereocenters. The molecule has 72 valence electrons. The second kappa shape index (κ2) is 4.51. The first-order valence-corrected chi connectivity index (χ1v) is 3.89. The van der Waals surface area contributed by atoms with Crippen molar-refractivity contribution in [1.82, 2.24) is 25.1 Å². The van der Waals surface area contributed by atoms with E-state index < -0.39 is 0 Å². The highest BCUT2D eigenvalue weighted by Crippen LogP contribution is 1.87. The molecule has 2 N–H and O–H groups in total. The minimum Gasteiger partial charge on any atom is -0.343 e. The summed E-state index contributed by atoms with van der Waals surface area (Å²) < 4.78 is 1.37. The number of hydrogen-bond donors (Lipinski definition) is 1. The van der Waals surface area contributed by atoms with Crippen LogP contribution in [0.25, 0.3) is 0 Å². The van der Waals surface area contributed by atoms with E-state index in [4.69, 9.17) is 5.73 Å². The summed E-state index contributed by atoms with van der Waals surface area (Å²) in [6.07, 6.45) is 1.40. The zero-order chi connectivity index (χ0) is 9.68. The van der Waals surface area contributed by atoms with Gasteiger partial charge in [-0.05, 0) is 10.4 Å². The number of carbonyl (C=O) groups excluding carboxylic acids is 1. The Labute approximate surface area is 75.5 Å². The molecule has 0 radical (unpaired) electrons. The van der Waals surface area contributed by atoms with E-state index in [-0.39, 0.29) is 12.5 Å². The molecule has 0 unspecified atom stereocenters. The maximum Gasteiger partial charge on any atom is 0.244 e. The summed E-state index contributed by atoms with van der Waals surface area (Å²) in [5.74, 6) is -0.0576. The third-order valence-corrected chi connectivity index (χ3v) is 1.58. The smallest absolute Gasteiger partial charge is 0.244 e. The molecule has 0 saturated heterocycles. The van der Waals surface area contributed by atoms with Crippen molar-refractivity contribution in [3.05, 3.63) is 6.33 Å². The fraction of sp³-hybridized carbons (Fsp3) is 0.667. The van der Waals surface area contributed by atoms with Gasteiger partial charge in [0.2, 0.25) is 5.91 Å². The molecule has 7 heteroatoms. The van der Waals surface area contributed by atoms with E-state index in [1.165, 1.54) is 11.0 Å². The van der Waals surface area contributed by atoms with Crippen LogP contribution in [0.5, 0.6) is 0 Å². The zero-order valence-corrected chi connectivity index (χ0v) is 7.42. The van der Waals surface area contributed by atoms with E-state index in [1.807, 2.05) is 0 Å². The summed E-state index contributed by atoms with van der Waals surface area (Å²) in [7, 11) is 1.69. The Bertz CT molecular complexity index is 258. The van der Waals surface area contributed by atoms with Crippen LogP contribution in [0.15, 0.2) is 6.33 Å². The van der Waals surface area contributed by atoms with Crippen LogP contribution in [0.1, 0.15) is 0 Å². The quantitative estimate of drug-likeness (QED) is 0.589. The second-order valence-corrected chi connectivity index (χ2v) is 2.61. The SMILES string of the molecule is CN(CCN)C(=O)Cn1cnnn1. The normalized spacial score (nSPS) is 10.0. The number of hydrogen-bond acceptors (Lipinski definition) is 5.